The lowest BCUT2D eigenvalue weighted by Gasteiger charge is -2.37. The van der Waals surface area contributed by atoms with Crippen LogP contribution in [0, 0.1) is 34.7 Å². The largest absolute Gasteiger partial charge is 0.381 e. The Kier molecular flexibility index (Phi) is 5.20. The van der Waals surface area contributed by atoms with E-state index in [1.807, 2.05) is 11.8 Å². The van der Waals surface area contributed by atoms with Gasteiger partial charge < -0.3 is 15.0 Å². The molecule has 172 valence electrons. The fourth-order valence-corrected chi connectivity index (χ4v) is 5.33. The van der Waals surface area contributed by atoms with Crippen molar-refractivity contribution in [1.82, 2.24) is 15.1 Å². The number of nitrogens with zero attached hydrogens (tertiary/aromatic N) is 3. The predicted octanol–water partition coefficient (Wildman–Crippen LogP) is 4.50. The summed E-state index contributed by atoms with van der Waals surface area (Å²) in [5.74, 6) is -1.95. The first-order valence-electron chi connectivity index (χ1n) is 12.2. The molecule has 1 unspecified atom stereocenters. The van der Waals surface area contributed by atoms with Gasteiger partial charge in [-0.3, -0.25) is 0 Å². The normalized spacial score (nSPS) is 28.8. The van der Waals surface area contributed by atoms with Gasteiger partial charge in [0, 0.05) is 53.2 Å². The van der Waals surface area contributed by atoms with E-state index in [4.69, 9.17) is 7.48 Å². The van der Waals surface area contributed by atoms with E-state index >= 15 is 0 Å². The predicted molar refractivity (Wildman–Crippen MR) is 116 cm³/mol. The van der Waals surface area contributed by atoms with Crippen molar-refractivity contribution in [2.24, 2.45) is 17.3 Å². The number of aromatic nitrogens is 2. The first-order chi connectivity index (χ1) is 16.2. The number of halogens is 3. The number of anilines is 1. The van der Waals surface area contributed by atoms with E-state index in [1.54, 1.807) is 6.07 Å². The molecular weight excluding hydrogens is 417 g/mol. The second kappa shape index (κ2) is 8.63. The zero-order chi connectivity index (χ0) is 24.1. The standard InChI is InChI=1S/C24H29F3N4O/c1-24(4-6-32-7-5-24)14-31-12-15-8-18(9-16(15)13-31)28-22-3-2-21(29-30-22)19-10-17(25)11-20(26)23(19)27/h2-3,10-11,15-16,18H,4-9,12-14H2,1H3,(H,28,30)/t15-,16+,18?/i14D2. The molecule has 5 nitrogen and oxygen atoms in total. The smallest absolute Gasteiger partial charge is 0.168 e. The number of rotatable bonds is 5. The van der Waals surface area contributed by atoms with Crippen LogP contribution in [0.1, 0.15) is 35.3 Å². The summed E-state index contributed by atoms with van der Waals surface area (Å²) >= 11 is 0. The van der Waals surface area contributed by atoms with Crippen molar-refractivity contribution in [3.63, 3.8) is 0 Å². The monoisotopic (exact) mass is 448 g/mol. The molecule has 1 aliphatic carbocycles. The third-order valence-electron chi connectivity index (χ3n) is 7.06. The Morgan fingerprint density at radius 2 is 1.84 bits per heavy atom. The van der Waals surface area contributed by atoms with E-state index in [-0.39, 0.29) is 17.3 Å². The number of nitrogens with one attached hydrogen (secondary N) is 1. The summed E-state index contributed by atoms with van der Waals surface area (Å²) < 4.78 is 64.2. The van der Waals surface area contributed by atoms with Crippen LogP contribution in [0.15, 0.2) is 24.3 Å². The van der Waals surface area contributed by atoms with Crippen molar-refractivity contribution in [3.05, 3.63) is 41.7 Å². The maximum Gasteiger partial charge on any atom is 0.168 e. The minimum absolute atomic E-state index is 0.0595. The third-order valence-corrected chi connectivity index (χ3v) is 7.06. The number of fused-ring (bicyclic) bond motifs is 1. The van der Waals surface area contributed by atoms with Gasteiger partial charge in [-0.2, -0.15) is 0 Å². The van der Waals surface area contributed by atoms with E-state index < -0.39 is 29.4 Å². The molecule has 0 bridgehead atoms. The fourth-order valence-electron chi connectivity index (χ4n) is 5.33. The van der Waals surface area contributed by atoms with Gasteiger partial charge in [0.15, 0.2) is 11.6 Å². The van der Waals surface area contributed by atoms with Gasteiger partial charge in [-0.15, -0.1) is 10.2 Å². The molecule has 3 atom stereocenters. The molecule has 1 saturated carbocycles. The van der Waals surface area contributed by atoms with Gasteiger partial charge in [-0.25, -0.2) is 13.2 Å². The van der Waals surface area contributed by atoms with Crippen LogP contribution in [0.25, 0.3) is 11.3 Å². The minimum atomic E-state index is -1.36. The molecule has 2 aromatic rings. The molecule has 3 heterocycles. The Hall–Kier alpha value is -2.19. The molecule has 0 spiro atoms. The quantitative estimate of drug-likeness (QED) is 0.683. The molecule has 5 rings (SSSR count). The maximum atomic E-state index is 14.0. The van der Waals surface area contributed by atoms with Crippen LogP contribution in [0.5, 0.6) is 0 Å². The van der Waals surface area contributed by atoms with Crippen LogP contribution in [0.2, 0.25) is 0 Å². The highest BCUT2D eigenvalue weighted by molar-refractivity contribution is 5.60. The zero-order valence-corrected chi connectivity index (χ0v) is 18.1. The van der Waals surface area contributed by atoms with Crippen molar-refractivity contribution in [1.29, 1.82) is 0 Å². The van der Waals surface area contributed by atoms with Gasteiger partial charge in [-0.05, 0) is 61.1 Å². The van der Waals surface area contributed by atoms with Crippen molar-refractivity contribution >= 4 is 5.82 Å². The number of ether oxygens (including phenoxy) is 1. The first kappa shape index (κ1) is 19.3. The lowest BCUT2D eigenvalue weighted by atomic mass is 9.82. The Bertz CT molecular complexity index is 1040. The Balaban J connectivity index is 1.20. The lowest BCUT2D eigenvalue weighted by molar-refractivity contribution is 0.00744. The van der Waals surface area contributed by atoms with Crippen molar-refractivity contribution in [3.8, 4) is 11.3 Å². The average Bonchev–Trinajstić information content (AvgIpc) is 3.36. The van der Waals surface area contributed by atoms with Crippen LogP contribution >= 0.6 is 0 Å². The summed E-state index contributed by atoms with van der Waals surface area (Å²) in [7, 11) is 0. The maximum absolute atomic E-state index is 14.0. The van der Waals surface area contributed by atoms with Crippen molar-refractivity contribution < 1.29 is 20.6 Å². The number of hydrogen-bond donors (Lipinski definition) is 1. The minimum Gasteiger partial charge on any atom is -0.381 e. The summed E-state index contributed by atoms with van der Waals surface area (Å²) in [6.07, 6.45) is 3.28. The molecule has 1 N–H and O–H groups in total. The van der Waals surface area contributed by atoms with Crippen LogP contribution in [-0.2, 0) is 4.74 Å². The van der Waals surface area contributed by atoms with E-state index in [2.05, 4.69) is 15.5 Å². The Morgan fingerprint density at radius 1 is 1.12 bits per heavy atom. The molecule has 8 heteroatoms. The van der Waals surface area contributed by atoms with E-state index in [9.17, 15) is 13.2 Å². The topological polar surface area (TPSA) is 50.3 Å². The molecule has 0 amide bonds. The zero-order valence-electron chi connectivity index (χ0n) is 20.1. The molecule has 1 aromatic carbocycles. The highest BCUT2D eigenvalue weighted by atomic mass is 19.2. The third kappa shape index (κ3) is 4.48. The summed E-state index contributed by atoms with van der Waals surface area (Å²) in [5.41, 5.74) is -0.605. The Morgan fingerprint density at radius 3 is 2.50 bits per heavy atom. The summed E-state index contributed by atoms with van der Waals surface area (Å²) in [5, 5.41) is 11.4. The second-order valence-electron chi connectivity index (χ2n) is 9.58. The SMILES string of the molecule is [2H]C([2H])(N1C[C@H]2CC(Nc3ccc(-c4cc(F)cc(F)c4F)nn3)C[C@H]2C1)C1(C)CCOCC1. The van der Waals surface area contributed by atoms with Crippen LogP contribution in [0.4, 0.5) is 19.0 Å². The second-order valence-corrected chi connectivity index (χ2v) is 9.58. The van der Waals surface area contributed by atoms with Crippen LogP contribution < -0.4 is 5.32 Å². The highest BCUT2D eigenvalue weighted by Crippen LogP contribution is 2.41. The van der Waals surface area contributed by atoms with Gasteiger partial charge in [-0.1, -0.05) is 6.92 Å². The lowest BCUT2D eigenvalue weighted by Crippen LogP contribution is -2.39. The molecule has 0 radical (unpaired) electrons. The van der Waals surface area contributed by atoms with Crippen LogP contribution in [-0.4, -0.2) is 53.9 Å². The van der Waals surface area contributed by atoms with E-state index in [0.717, 1.165) is 44.8 Å². The van der Waals surface area contributed by atoms with E-state index in [0.29, 0.717) is 36.9 Å². The molecule has 2 saturated heterocycles. The highest BCUT2D eigenvalue weighted by Gasteiger charge is 2.42. The number of benzene rings is 1. The summed E-state index contributed by atoms with van der Waals surface area (Å²) in [6, 6.07) is 4.71. The molecule has 1 aromatic heterocycles. The Labute approximate surface area is 189 Å². The summed E-state index contributed by atoms with van der Waals surface area (Å²) in [4.78, 5) is 2.03. The fraction of sp³-hybridized carbons (Fsp3) is 0.583. The first-order valence-corrected chi connectivity index (χ1v) is 11.2. The van der Waals surface area contributed by atoms with Gasteiger partial charge in [0.2, 0.25) is 0 Å². The van der Waals surface area contributed by atoms with Gasteiger partial charge in [0.1, 0.15) is 11.6 Å². The van der Waals surface area contributed by atoms with Crippen molar-refractivity contribution in [2.75, 3.05) is 38.1 Å². The molecule has 2 aliphatic heterocycles. The number of hydrogen-bond acceptors (Lipinski definition) is 5. The molecular formula is C24H29F3N4O. The van der Waals surface area contributed by atoms with Gasteiger partial charge in [0.05, 0.1) is 5.69 Å². The van der Waals surface area contributed by atoms with Crippen molar-refractivity contribution in [2.45, 2.75) is 38.6 Å². The average molecular weight is 449 g/mol. The molecule has 3 aliphatic rings. The molecule has 32 heavy (non-hydrogen) atoms. The van der Waals surface area contributed by atoms with Gasteiger partial charge in [0.25, 0.3) is 0 Å². The molecule has 3 fully saturated rings. The van der Waals surface area contributed by atoms with E-state index in [1.165, 1.54) is 6.07 Å². The summed E-state index contributed by atoms with van der Waals surface area (Å²) in [6.45, 7) is 3.38. The number of likely N-dealkylation sites (tertiary alicyclic amines) is 1. The van der Waals surface area contributed by atoms with Crippen LogP contribution in [0.3, 0.4) is 0 Å². The van der Waals surface area contributed by atoms with Gasteiger partial charge >= 0.3 is 0 Å².